The van der Waals surface area contributed by atoms with Gasteiger partial charge >= 0.3 is 0 Å². The summed E-state index contributed by atoms with van der Waals surface area (Å²) in [6.07, 6.45) is -0.00304. The molecule has 0 aromatic heterocycles. The SMILES string of the molecule is COC(C)C(=O)N(C)Cc1ccccc1C#CCCO. The highest BCUT2D eigenvalue weighted by molar-refractivity contribution is 5.80. The minimum atomic E-state index is -0.451. The zero-order chi connectivity index (χ0) is 15.0. The molecule has 0 spiro atoms. The molecule has 1 aromatic rings. The van der Waals surface area contributed by atoms with Crippen LogP contribution in [0.15, 0.2) is 24.3 Å². The van der Waals surface area contributed by atoms with Crippen LogP contribution >= 0.6 is 0 Å². The van der Waals surface area contributed by atoms with Gasteiger partial charge in [-0.1, -0.05) is 30.0 Å². The van der Waals surface area contributed by atoms with Crippen LogP contribution in [-0.4, -0.2) is 42.8 Å². The van der Waals surface area contributed by atoms with Gasteiger partial charge in [-0.25, -0.2) is 0 Å². The maximum atomic E-state index is 12.0. The van der Waals surface area contributed by atoms with Crippen LogP contribution in [0.25, 0.3) is 0 Å². The van der Waals surface area contributed by atoms with Crippen molar-refractivity contribution in [2.75, 3.05) is 20.8 Å². The van der Waals surface area contributed by atoms with Gasteiger partial charge in [0.2, 0.25) is 0 Å². The van der Waals surface area contributed by atoms with E-state index in [1.807, 2.05) is 24.3 Å². The number of carbonyl (C=O) groups excluding carboxylic acids is 1. The number of likely N-dealkylation sites (N-methyl/N-ethyl adjacent to an activating group) is 1. The summed E-state index contributed by atoms with van der Waals surface area (Å²) in [5, 5.41) is 8.75. The first-order valence-electron chi connectivity index (χ1n) is 6.55. The summed E-state index contributed by atoms with van der Waals surface area (Å²) >= 11 is 0. The number of aliphatic hydroxyl groups excluding tert-OH is 1. The Bertz CT molecular complexity index is 502. The van der Waals surface area contributed by atoms with Crippen molar-refractivity contribution < 1.29 is 14.6 Å². The maximum absolute atomic E-state index is 12.0. The Hall–Kier alpha value is -1.83. The van der Waals surface area contributed by atoms with Gasteiger partial charge in [-0.15, -0.1) is 0 Å². The minimum Gasteiger partial charge on any atom is -0.395 e. The lowest BCUT2D eigenvalue weighted by Crippen LogP contribution is -2.35. The summed E-state index contributed by atoms with van der Waals surface area (Å²) in [5.41, 5.74) is 1.86. The van der Waals surface area contributed by atoms with E-state index in [1.54, 1.807) is 18.9 Å². The van der Waals surface area contributed by atoms with Crippen molar-refractivity contribution in [2.45, 2.75) is 26.0 Å². The Labute approximate surface area is 120 Å². The van der Waals surface area contributed by atoms with Gasteiger partial charge in [-0.3, -0.25) is 4.79 Å². The molecule has 0 radical (unpaired) electrons. The van der Waals surface area contributed by atoms with E-state index < -0.39 is 6.10 Å². The number of amides is 1. The average Bonchev–Trinajstić information content (AvgIpc) is 2.47. The third-order valence-electron chi connectivity index (χ3n) is 2.96. The third-order valence-corrected chi connectivity index (χ3v) is 2.96. The van der Waals surface area contributed by atoms with Crippen LogP contribution in [0.4, 0.5) is 0 Å². The fraction of sp³-hybridized carbons (Fsp3) is 0.438. The van der Waals surface area contributed by atoms with Crippen molar-refractivity contribution in [3.63, 3.8) is 0 Å². The Morgan fingerprint density at radius 3 is 2.80 bits per heavy atom. The molecule has 0 aliphatic carbocycles. The maximum Gasteiger partial charge on any atom is 0.251 e. The molecule has 0 bridgehead atoms. The van der Waals surface area contributed by atoms with E-state index in [-0.39, 0.29) is 12.5 Å². The van der Waals surface area contributed by atoms with Crippen molar-refractivity contribution in [1.82, 2.24) is 4.90 Å². The lowest BCUT2D eigenvalue weighted by molar-refractivity contribution is -0.140. The Kier molecular flexibility index (Phi) is 6.78. The number of methoxy groups -OCH3 is 1. The van der Waals surface area contributed by atoms with Crippen LogP contribution in [0, 0.1) is 11.8 Å². The Morgan fingerprint density at radius 1 is 1.45 bits per heavy atom. The zero-order valence-electron chi connectivity index (χ0n) is 12.2. The van der Waals surface area contributed by atoms with Gasteiger partial charge in [0, 0.05) is 32.7 Å². The van der Waals surface area contributed by atoms with E-state index in [4.69, 9.17) is 9.84 Å². The standard InChI is InChI=1S/C16H21NO3/c1-13(20-3)16(19)17(2)12-15-10-5-4-8-14(15)9-6-7-11-18/h4-5,8,10,13,18H,7,11-12H2,1-3H3. The van der Waals surface area contributed by atoms with E-state index >= 15 is 0 Å². The van der Waals surface area contributed by atoms with Gasteiger partial charge in [-0.05, 0) is 18.6 Å². The highest BCUT2D eigenvalue weighted by Crippen LogP contribution is 2.11. The number of aliphatic hydroxyl groups is 1. The van der Waals surface area contributed by atoms with Crippen molar-refractivity contribution in [2.24, 2.45) is 0 Å². The van der Waals surface area contributed by atoms with Gasteiger partial charge in [0.05, 0.1) is 6.61 Å². The van der Waals surface area contributed by atoms with Gasteiger partial charge in [0.15, 0.2) is 0 Å². The van der Waals surface area contributed by atoms with Crippen LogP contribution < -0.4 is 0 Å². The molecule has 0 fully saturated rings. The first-order chi connectivity index (χ1) is 9.60. The quantitative estimate of drug-likeness (QED) is 0.827. The van der Waals surface area contributed by atoms with Crippen molar-refractivity contribution >= 4 is 5.91 Å². The van der Waals surface area contributed by atoms with Crippen molar-refractivity contribution in [1.29, 1.82) is 0 Å². The number of hydrogen-bond donors (Lipinski definition) is 1. The van der Waals surface area contributed by atoms with E-state index in [2.05, 4.69) is 11.8 Å². The molecular formula is C16H21NO3. The molecule has 1 atom stereocenters. The van der Waals surface area contributed by atoms with Gasteiger partial charge in [0.25, 0.3) is 5.91 Å². The van der Waals surface area contributed by atoms with Gasteiger partial charge < -0.3 is 14.7 Å². The van der Waals surface area contributed by atoms with Crippen LogP contribution in [0.5, 0.6) is 0 Å². The summed E-state index contributed by atoms with van der Waals surface area (Å²) < 4.78 is 5.03. The van der Waals surface area contributed by atoms with E-state index in [9.17, 15) is 4.79 Å². The van der Waals surface area contributed by atoms with Gasteiger partial charge in [-0.2, -0.15) is 0 Å². The third kappa shape index (κ3) is 4.69. The second kappa shape index (κ2) is 8.36. The fourth-order valence-corrected chi connectivity index (χ4v) is 1.74. The monoisotopic (exact) mass is 275 g/mol. The van der Waals surface area contributed by atoms with Gasteiger partial charge in [0.1, 0.15) is 6.10 Å². The first kappa shape index (κ1) is 16.2. The highest BCUT2D eigenvalue weighted by Gasteiger charge is 2.17. The number of carbonyl (C=O) groups is 1. The Balaban J connectivity index is 2.82. The second-order valence-electron chi connectivity index (χ2n) is 4.50. The summed E-state index contributed by atoms with van der Waals surface area (Å²) in [6.45, 7) is 2.27. The molecule has 0 aliphatic rings. The topological polar surface area (TPSA) is 49.8 Å². The van der Waals surface area contributed by atoms with Crippen molar-refractivity contribution in [3.05, 3.63) is 35.4 Å². The normalized spacial score (nSPS) is 11.4. The van der Waals surface area contributed by atoms with Crippen LogP contribution in [0.2, 0.25) is 0 Å². The number of rotatable bonds is 5. The fourth-order valence-electron chi connectivity index (χ4n) is 1.74. The molecule has 1 amide bonds. The summed E-state index contributed by atoms with van der Waals surface area (Å²) in [6, 6.07) is 7.69. The van der Waals surface area contributed by atoms with Crippen molar-refractivity contribution in [3.8, 4) is 11.8 Å². The molecule has 1 unspecified atom stereocenters. The molecule has 4 heteroatoms. The number of nitrogens with zero attached hydrogens (tertiary/aromatic N) is 1. The molecular weight excluding hydrogens is 254 g/mol. The average molecular weight is 275 g/mol. The number of hydrogen-bond acceptors (Lipinski definition) is 3. The van der Waals surface area contributed by atoms with E-state index in [0.717, 1.165) is 11.1 Å². The predicted molar refractivity (Wildman–Crippen MR) is 78.0 cm³/mol. The second-order valence-corrected chi connectivity index (χ2v) is 4.50. The zero-order valence-corrected chi connectivity index (χ0v) is 12.2. The first-order valence-corrected chi connectivity index (χ1v) is 6.55. The minimum absolute atomic E-state index is 0.0545. The van der Waals surface area contributed by atoms with E-state index in [1.165, 1.54) is 7.11 Å². The molecule has 0 saturated carbocycles. The molecule has 1 N–H and O–H groups in total. The van der Waals surface area contributed by atoms with E-state index in [0.29, 0.717) is 13.0 Å². The summed E-state index contributed by atoms with van der Waals surface area (Å²) in [4.78, 5) is 13.6. The molecule has 1 rings (SSSR count). The lowest BCUT2D eigenvalue weighted by Gasteiger charge is -2.21. The highest BCUT2D eigenvalue weighted by atomic mass is 16.5. The molecule has 0 saturated heterocycles. The molecule has 108 valence electrons. The molecule has 4 nitrogen and oxygen atoms in total. The summed E-state index contributed by atoms with van der Waals surface area (Å²) in [7, 11) is 3.26. The van der Waals surface area contributed by atoms with Crippen LogP contribution in [0.1, 0.15) is 24.5 Å². The molecule has 20 heavy (non-hydrogen) atoms. The lowest BCUT2D eigenvalue weighted by atomic mass is 10.1. The smallest absolute Gasteiger partial charge is 0.251 e. The van der Waals surface area contributed by atoms with Crippen LogP contribution in [-0.2, 0) is 16.1 Å². The molecule has 0 aliphatic heterocycles. The number of ether oxygens (including phenoxy) is 1. The largest absolute Gasteiger partial charge is 0.395 e. The van der Waals surface area contributed by atoms with Crippen LogP contribution in [0.3, 0.4) is 0 Å². The number of benzene rings is 1. The Morgan fingerprint density at radius 2 is 2.15 bits per heavy atom. The molecule has 1 aromatic carbocycles. The predicted octanol–water partition coefficient (Wildman–Crippen LogP) is 1.41. The summed E-state index contributed by atoms with van der Waals surface area (Å²) in [5.74, 6) is 5.86. The molecule has 0 heterocycles.